The normalized spacial score (nSPS) is 11.3. The molecule has 3 rings (SSSR count). The second kappa shape index (κ2) is 8.94. The van der Waals surface area contributed by atoms with Crippen LogP contribution in [0.2, 0.25) is 0 Å². The van der Waals surface area contributed by atoms with E-state index in [-0.39, 0.29) is 11.8 Å². The zero-order valence-corrected chi connectivity index (χ0v) is 16.3. The van der Waals surface area contributed by atoms with Gasteiger partial charge in [-0.3, -0.25) is 0 Å². The molecule has 0 fully saturated rings. The van der Waals surface area contributed by atoms with Gasteiger partial charge in [0.05, 0.1) is 0 Å². The van der Waals surface area contributed by atoms with Crippen molar-refractivity contribution >= 4 is 23.1 Å². The first-order chi connectivity index (χ1) is 13.8. The number of nitrogens with one attached hydrogen (secondary N) is 2. The summed E-state index contributed by atoms with van der Waals surface area (Å²) in [4.78, 5) is 7.90. The summed E-state index contributed by atoms with van der Waals surface area (Å²) < 4.78 is 40.3. The van der Waals surface area contributed by atoms with Gasteiger partial charge in [-0.15, -0.1) is 0 Å². The summed E-state index contributed by atoms with van der Waals surface area (Å²) in [5.74, 6) is -0.202. The van der Waals surface area contributed by atoms with Gasteiger partial charge in [0.15, 0.2) is 0 Å². The Balaban J connectivity index is 1.85. The molecule has 29 heavy (non-hydrogen) atoms. The molecule has 3 aromatic rings. The molecule has 0 aliphatic heterocycles. The Morgan fingerprint density at radius 2 is 1.52 bits per heavy atom. The summed E-state index contributed by atoms with van der Waals surface area (Å²) in [5, 5.41) is 5.73. The van der Waals surface area contributed by atoms with Gasteiger partial charge < -0.3 is 10.6 Å². The number of rotatable bonds is 7. The first kappa shape index (κ1) is 20.6. The topological polar surface area (TPSA) is 49.8 Å². The maximum Gasteiger partial charge on any atom is 0.421 e. The molecular formula is C22H23F3N4. The molecule has 4 nitrogen and oxygen atoms in total. The Morgan fingerprint density at radius 3 is 2.14 bits per heavy atom. The van der Waals surface area contributed by atoms with Crippen LogP contribution in [0.15, 0.2) is 54.7 Å². The van der Waals surface area contributed by atoms with Crippen molar-refractivity contribution in [2.75, 3.05) is 10.6 Å². The van der Waals surface area contributed by atoms with Gasteiger partial charge in [-0.2, -0.15) is 18.2 Å². The van der Waals surface area contributed by atoms with E-state index in [1.54, 1.807) is 12.1 Å². The molecule has 1 heterocycles. The first-order valence-electron chi connectivity index (χ1n) is 9.49. The van der Waals surface area contributed by atoms with E-state index in [9.17, 15) is 13.2 Å². The number of aryl methyl sites for hydroxylation is 2. The first-order valence-corrected chi connectivity index (χ1v) is 9.49. The van der Waals surface area contributed by atoms with Gasteiger partial charge in [0.2, 0.25) is 5.95 Å². The number of unbranched alkanes of at least 4 members (excludes halogenated alkanes) is 1. The van der Waals surface area contributed by atoms with E-state index in [4.69, 9.17) is 0 Å². The number of hydrogen-bond donors (Lipinski definition) is 2. The van der Waals surface area contributed by atoms with Gasteiger partial charge in [0, 0.05) is 17.6 Å². The molecule has 0 radical (unpaired) electrons. The average Bonchev–Trinajstić information content (AvgIpc) is 2.68. The van der Waals surface area contributed by atoms with Gasteiger partial charge in [0.1, 0.15) is 11.4 Å². The quantitative estimate of drug-likeness (QED) is 0.467. The molecule has 0 amide bonds. The van der Waals surface area contributed by atoms with Crippen LogP contribution in [0, 0.1) is 6.92 Å². The molecule has 0 unspecified atom stereocenters. The van der Waals surface area contributed by atoms with Crippen molar-refractivity contribution in [2.45, 2.75) is 39.3 Å². The Kier molecular flexibility index (Phi) is 6.36. The molecular weight excluding hydrogens is 377 g/mol. The highest BCUT2D eigenvalue weighted by atomic mass is 19.4. The third kappa shape index (κ3) is 5.70. The molecule has 0 aliphatic carbocycles. The van der Waals surface area contributed by atoms with Crippen molar-refractivity contribution in [3.8, 4) is 0 Å². The molecule has 2 N–H and O–H groups in total. The fourth-order valence-corrected chi connectivity index (χ4v) is 2.78. The van der Waals surface area contributed by atoms with Crippen LogP contribution in [0.5, 0.6) is 0 Å². The van der Waals surface area contributed by atoms with E-state index in [1.165, 1.54) is 0 Å². The van der Waals surface area contributed by atoms with Crippen molar-refractivity contribution in [3.05, 3.63) is 71.4 Å². The van der Waals surface area contributed by atoms with E-state index in [0.717, 1.165) is 36.6 Å². The third-order valence-corrected chi connectivity index (χ3v) is 4.44. The molecule has 0 atom stereocenters. The lowest BCUT2D eigenvalue weighted by Gasteiger charge is -2.15. The summed E-state index contributed by atoms with van der Waals surface area (Å²) in [7, 11) is 0. The number of aromatic nitrogens is 2. The molecule has 2 aromatic carbocycles. The largest absolute Gasteiger partial charge is 0.421 e. The summed E-state index contributed by atoms with van der Waals surface area (Å²) in [5.41, 5.74) is 2.55. The van der Waals surface area contributed by atoms with Gasteiger partial charge in [-0.05, 0) is 49.6 Å². The number of alkyl halides is 3. The third-order valence-electron chi connectivity index (χ3n) is 4.44. The number of benzene rings is 2. The van der Waals surface area contributed by atoms with Crippen LogP contribution in [-0.4, -0.2) is 9.97 Å². The predicted octanol–water partition coefficient (Wildman–Crippen LogP) is 6.63. The lowest BCUT2D eigenvalue weighted by molar-refractivity contribution is -0.137. The molecule has 0 saturated carbocycles. The van der Waals surface area contributed by atoms with Gasteiger partial charge in [0.25, 0.3) is 0 Å². The molecule has 0 saturated heterocycles. The van der Waals surface area contributed by atoms with Crippen LogP contribution in [0.4, 0.5) is 36.3 Å². The monoisotopic (exact) mass is 400 g/mol. The summed E-state index contributed by atoms with van der Waals surface area (Å²) >= 11 is 0. The minimum absolute atomic E-state index is 0.0870. The maximum atomic E-state index is 13.4. The van der Waals surface area contributed by atoms with E-state index in [1.807, 2.05) is 43.3 Å². The number of hydrogen-bond acceptors (Lipinski definition) is 4. The SMILES string of the molecule is CCCCc1ccc(Nc2nc(Nc3ccc(C)cc3)ncc2C(F)(F)F)cc1. The Hall–Kier alpha value is -3.09. The number of nitrogens with zero attached hydrogens (tertiary/aromatic N) is 2. The van der Waals surface area contributed by atoms with Crippen LogP contribution in [0.25, 0.3) is 0 Å². The number of halogens is 3. The predicted molar refractivity (Wildman–Crippen MR) is 110 cm³/mol. The molecule has 7 heteroatoms. The Morgan fingerprint density at radius 1 is 0.897 bits per heavy atom. The highest BCUT2D eigenvalue weighted by molar-refractivity contribution is 5.63. The van der Waals surface area contributed by atoms with Gasteiger partial charge in [-0.1, -0.05) is 43.2 Å². The van der Waals surface area contributed by atoms with Gasteiger partial charge >= 0.3 is 6.18 Å². The van der Waals surface area contributed by atoms with Crippen molar-refractivity contribution < 1.29 is 13.2 Å². The lowest BCUT2D eigenvalue weighted by Crippen LogP contribution is -2.12. The second-order valence-corrected chi connectivity index (χ2v) is 6.87. The van der Waals surface area contributed by atoms with Crippen LogP contribution in [-0.2, 0) is 12.6 Å². The van der Waals surface area contributed by atoms with E-state index < -0.39 is 11.7 Å². The van der Waals surface area contributed by atoms with Crippen LogP contribution < -0.4 is 10.6 Å². The van der Waals surface area contributed by atoms with Crippen LogP contribution in [0.3, 0.4) is 0 Å². The summed E-state index contributed by atoms with van der Waals surface area (Å²) in [6.45, 7) is 4.07. The number of anilines is 4. The smallest absolute Gasteiger partial charge is 0.340 e. The molecule has 0 spiro atoms. The van der Waals surface area contributed by atoms with Crippen LogP contribution in [0.1, 0.15) is 36.5 Å². The Labute approximate surface area is 168 Å². The van der Waals surface area contributed by atoms with Crippen molar-refractivity contribution in [3.63, 3.8) is 0 Å². The van der Waals surface area contributed by atoms with E-state index in [0.29, 0.717) is 11.4 Å². The summed E-state index contributed by atoms with van der Waals surface area (Å²) in [6.07, 6.45) is -0.659. The highest BCUT2D eigenvalue weighted by Gasteiger charge is 2.35. The molecule has 0 bridgehead atoms. The molecule has 152 valence electrons. The average molecular weight is 400 g/mol. The maximum absolute atomic E-state index is 13.4. The summed E-state index contributed by atoms with van der Waals surface area (Å²) in [6, 6.07) is 14.8. The zero-order valence-electron chi connectivity index (χ0n) is 16.3. The van der Waals surface area contributed by atoms with E-state index in [2.05, 4.69) is 27.5 Å². The van der Waals surface area contributed by atoms with Crippen molar-refractivity contribution in [2.24, 2.45) is 0 Å². The fraction of sp³-hybridized carbons (Fsp3) is 0.273. The molecule has 0 aliphatic rings. The van der Waals surface area contributed by atoms with Gasteiger partial charge in [-0.25, -0.2) is 4.98 Å². The van der Waals surface area contributed by atoms with Crippen molar-refractivity contribution in [1.29, 1.82) is 0 Å². The minimum atomic E-state index is -4.56. The standard InChI is InChI=1S/C22H23F3N4/c1-3-4-5-16-8-12-17(13-9-16)27-20-19(22(23,24)25)14-26-21(29-20)28-18-10-6-15(2)7-11-18/h6-14H,3-5H2,1-2H3,(H2,26,27,28,29). The highest BCUT2D eigenvalue weighted by Crippen LogP contribution is 2.35. The second-order valence-electron chi connectivity index (χ2n) is 6.87. The lowest BCUT2D eigenvalue weighted by atomic mass is 10.1. The van der Waals surface area contributed by atoms with E-state index >= 15 is 0 Å². The molecule has 1 aromatic heterocycles. The zero-order chi connectivity index (χ0) is 20.9. The Bertz CT molecular complexity index is 936. The van der Waals surface area contributed by atoms with Crippen LogP contribution >= 0.6 is 0 Å². The van der Waals surface area contributed by atoms with Crippen molar-refractivity contribution in [1.82, 2.24) is 9.97 Å². The fourth-order valence-electron chi connectivity index (χ4n) is 2.78. The minimum Gasteiger partial charge on any atom is -0.340 e.